The molecule has 4 rings (SSSR count). The highest BCUT2D eigenvalue weighted by atomic mass is 32.1. The molecule has 0 radical (unpaired) electrons. The van der Waals surface area contributed by atoms with E-state index < -0.39 is 17.6 Å². The van der Waals surface area contributed by atoms with Gasteiger partial charge in [0.15, 0.2) is 0 Å². The van der Waals surface area contributed by atoms with Crippen LogP contribution in [0, 0.1) is 0 Å². The molecule has 2 aliphatic rings. The van der Waals surface area contributed by atoms with Gasteiger partial charge < -0.3 is 11.1 Å². The predicted molar refractivity (Wildman–Crippen MR) is 121 cm³/mol. The molecule has 3 N–H and O–H groups in total. The fourth-order valence-corrected chi connectivity index (χ4v) is 5.80. The monoisotopic (exact) mass is 480 g/mol. The van der Waals surface area contributed by atoms with E-state index in [1.165, 1.54) is 23.5 Å². The molecule has 2 heterocycles. The van der Waals surface area contributed by atoms with Crippen molar-refractivity contribution in [1.82, 2.24) is 9.80 Å². The first-order chi connectivity index (χ1) is 15.6. The van der Waals surface area contributed by atoms with Crippen LogP contribution in [0.5, 0.6) is 0 Å². The van der Waals surface area contributed by atoms with Crippen LogP contribution in [0.3, 0.4) is 0 Å². The first-order valence-corrected chi connectivity index (χ1v) is 11.8. The van der Waals surface area contributed by atoms with Gasteiger partial charge in [-0.2, -0.15) is 13.2 Å². The van der Waals surface area contributed by atoms with Crippen molar-refractivity contribution in [1.29, 1.82) is 0 Å². The number of hydrogen-bond donors (Lipinski definition) is 2. The summed E-state index contributed by atoms with van der Waals surface area (Å²) in [6.45, 7) is 5.15. The van der Waals surface area contributed by atoms with E-state index in [-0.39, 0.29) is 11.9 Å². The van der Waals surface area contributed by atoms with E-state index >= 15 is 0 Å². The summed E-state index contributed by atoms with van der Waals surface area (Å²) in [5.74, 6) is -0.678. The van der Waals surface area contributed by atoms with Crippen LogP contribution in [0.15, 0.2) is 24.3 Å². The van der Waals surface area contributed by atoms with E-state index in [1.807, 2.05) is 6.92 Å². The number of nitrogens with two attached hydrogens (primary N) is 1. The van der Waals surface area contributed by atoms with Crippen LogP contribution in [0.2, 0.25) is 0 Å². The Bertz CT molecular complexity index is 1030. The zero-order chi connectivity index (χ0) is 23.8. The Labute approximate surface area is 194 Å². The van der Waals surface area contributed by atoms with E-state index in [0.29, 0.717) is 43.3 Å². The third-order valence-corrected chi connectivity index (χ3v) is 7.63. The second kappa shape index (κ2) is 9.44. The highest BCUT2D eigenvalue weighted by Crippen LogP contribution is 2.39. The lowest BCUT2D eigenvalue weighted by Crippen LogP contribution is -2.52. The molecule has 1 fully saturated rings. The Kier molecular flexibility index (Phi) is 6.78. The van der Waals surface area contributed by atoms with Crippen molar-refractivity contribution in [2.24, 2.45) is 5.73 Å². The smallest absolute Gasteiger partial charge is 0.365 e. The van der Waals surface area contributed by atoms with Gasteiger partial charge in [-0.25, -0.2) is 0 Å². The molecule has 1 atom stereocenters. The number of rotatable bonds is 6. The van der Waals surface area contributed by atoms with Gasteiger partial charge in [0.1, 0.15) is 5.00 Å². The van der Waals surface area contributed by atoms with Gasteiger partial charge in [0.25, 0.3) is 5.91 Å². The minimum absolute atomic E-state index is 0.173. The fourth-order valence-electron chi connectivity index (χ4n) is 4.50. The minimum Gasteiger partial charge on any atom is -0.365 e. The lowest BCUT2D eigenvalue weighted by molar-refractivity contribution is -0.137. The van der Waals surface area contributed by atoms with Gasteiger partial charge in [-0.15, -0.1) is 11.3 Å². The number of halogens is 3. The number of anilines is 1. The molecule has 0 bridgehead atoms. The van der Waals surface area contributed by atoms with Crippen LogP contribution in [-0.4, -0.2) is 53.8 Å². The molecule has 0 saturated carbocycles. The molecular formula is C23H27F3N4O2S. The second-order valence-electron chi connectivity index (χ2n) is 8.60. The number of nitrogens with one attached hydrogen (secondary N) is 1. The van der Waals surface area contributed by atoms with Gasteiger partial charge in [-0.1, -0.05) is 12.1 Å². The number of carbonyl (C=O) groups excluding carboxylic acids is 2. The molecule has 1 unspecified atom stereocenters. The number of thiophene rings is 1. The number of carbonyl (C=O) groups is 2. The van der Waals surface area contributed by atoms with E-state index in [9.17, 15) is 22.8 Å². The second-order valence-corrected chi connectivity index (χ2v) is 9.70. The number of benzene rings is 1. The summed E-state index contributed by atoms with van der Waals surface area (Å²) in [4.78, 5) is 30.2. The normalized spacial score (nSPS) is 18.2. The first kappa shape index (κ1) is 23.7. The molecule has 10 heteroatoms. The minimum atomic E-state index is -4.33. The molecule has 1 saturated heterocycles. The Hall–Kier alpha value is -2.43. The van der Waals surface area contributed by atoms with Crippen LogP contribution in [0.25, 0.3) is 0 Å². The topological polar surface area (TPSA) is 78.7 Å². The first-order valence-electron chi connectivity index (χ1n) is 11.0. The molecule has 0 spiro atoms. The zero-order valence-electron chi connectivity index (χ0n) is 18.4. The van der Waals surface area contributed by atoms with Gasteiger partial charge in [-0.3, -0.25) is 19.4 Å². The fraction of sp³-hybridized carbons (Fsp3) is 0.478. The third kappa shape index (κ3) is 5.23. The molecule has 1 aliphatic carbocycles. The SMILES string of the molecule is CC(C(=O)Nc1sc2c(c1C(N)=O)CCC2)N1CCN(Cc2ccc(C(F)(F)F)cc2)CC1. The number of primary amides is 1. The standard InChI is InChI=1S/C23H27F3N4O2S/c1-14(21(32)28-22-19(20(27)31)17-3-2-4-18(17)33-22)30-11-9-29(10-12-30)13-15-5-7-16(8-6-15)23(24,25)26/h5-8,14H,2-4,9-13H2,1H3,(H2,27,31)(H,28,32). The third-order valence-electron chi connectivity index (χ3n) is 6.43. The number of piperazine rings is 1. The maximum atomic E-state index is 12.9. The average molecular weight is 481 g/mol. The van der Waals surface area contributed by atoms with E-state index in [4.69, 9.17) is 5.73 Å². The molecule has 2 aromatic rings. The van der Waals surface area contributed by atoms with Crippen LogP contribution in [-0.2, 0) is 30.4 Å². The summed E-state index contributed by atoms with van der Waals surface area (Å²) in [7, 11) is 0. The molecule has 33 heavy (non-hydrogen) atoms. The maximum Gasteiger partial charge on any atom is 0.416 e. The van der Waals surface area contributed by atoms with Crippen molar-refractivity contribution in [3.8, 4) is 0 Å². The Morgan fingerprint density at radius 3 is 2.39 bits per heavy atom. The van der Waals surface area contributed by atoms with Gasteiger partial charge >= 0.3 is 6.18 Å². The summed E-state index contributed by atoms with van der Waals surface area (Å²) in [6, 6.07) is 4.87. The Balaban J connectivity index is 1.31. The quantitative estimate of drug-likeness (QED) is 0.664. The largest absolute Gasteiger partial charge is 0.416 e. The number of nitrogens with zero attached hydrogens (tertiary/aromatic N) is 2. The molecule has 6 nitrogen and oxygen atoms in total. The van der Waals surface area contributed by atoms with Gasteiger partial charge in [0.05, 0.1) is 17.2 Å². The summed E-state index contributed by atoms with van der Waals surface area (Å²) in [5.41, 5.74) is 7.19. The van der Waals surface area contributed by atoms with Crippen molar-refractivity contribution in [2.75, 3.05) is 31.5 Å². The maximum absolute atomic E-state index is 12.9. The van der Waals surface area contributed by atoms with Gasteiger partial charge in [-0.05, 0) is 49.4 Å². The summed E-state index contributed by atoms with van der Waals surface area (Å²) >= 11 is 1.44. The molecule has 2 amide bonds. The van der Waals surface area contributed by atoms with E-state index in [0.717, 1.165) is 47.4 Å². The highest BCUT2D eigenvalue weighted by Gasteiger charge is 2.31. The number of alkyl halides is 3. The van der Waals surface area contributed by atoms with Crippen molar-refractivity contribution in [2.45, 2.75) is 44.9 Å². The number of hydrogen-bond acceptors (Lipinski definition) is 5. The van der Waals surface area contributed by atoms with Gasteiger partial charge in [0.2, 0.25) is 5.91 Å². The summed E-state index contributed by atoms with van der Waals surface area (Å²) < 4.78 is 38.2. The lowest BCUT2D eigenvalue weighted by Gasteiger charge is -2.37. The van der Waals surface area contributed by atoms with E-state index in [1.54, 1.807) is 0 Å². The zero-order valence-corrected chi connectivity index (χ0v) is 19.2. The number of amides is 2. The van der Waals surface area contributed by atoms with Crippen molar-refractivity contribution in [3.05, 3.63) is 51.4 Å². The number of fused-ring (bicyclic) bond motifs is 1. The van der Waals surface area contributed by atoms with Crippen molar-refractivity contribution >= 4 is 28.2 Å². The molecular weight excluding hydrogens is 453 g/mol. The van der Waals surface area contributed by atoms with Gasteiger partial charge in [0, 0.05) is 37.6 Å². The lowest BCUT2D eigenvalue weighted by atomic mass is 10.1. The van der Waals surface area contributed by atoms with Crippen molar-refractivity contribution < 1.29 is 22.8 Å². The van der Waals surface area contributed by atoms with Crippen LogP contribution >= 0.6 is 11.3 Å². The molecule has 1 aromatic heterocycles. The van der Waals surface area contributed by atoms with E-state index in [2.05, 4.69) is 15.1 Å². The summed E-state index contributed by atoms with van der Waals surface area (Å²) in [6.07, 6.45) is -1.60. The van der Waals surface area contributed by atoms with Crippen LogP contribution in [0.4, 0.5) is 18.2 Å². The van der Waals surface area contributed by atoms with Crippen LogP contribution < -0.4 is 11.1 Å². The molecule has 178 valence electrons. The highest BCUT2D eigenvalue weighted by molar-refractivity contribution is 7.17. The number of aryl methyl sites for hydroxylation is 1. The molecule has 1 aliphatic heterocycles. The average Bonchev–Trinajstić information content (AvgIpc) is 3.34. The Morgan fingerprint density at radius 2 is 1.79 bits per heavy atom. The van der Waals surface area contributed by atoms with Crippen LogP contribution in [0.1, 0.15) is 45.3 Å². The predicted octanol–water partition coefficient (Wildman–Crippen LogP) is 3.50. The summed E-state index contributed by atoms with van der Waals surface area (Å²) in [5, 5.41) is 3.46. The Morgan fingerprint density at radius 1 is 1.12 bits per heavy atom. The van der Waals surface area contributed by atoms with Crippen molar-refractivity contribution in [3.63, 3.8) is 0 Å². The molecule has 1 aromatic carbocycles.